The summed E-state index contributed by atoms with van der Waals surface area (Å²) < 4.78 is 1.38. The second kappa shape index (κ2) is 8.35. The number of benzene rings is 1. The summed E-state index contributed by atoms with van der Waals surface area (Å²) in [6.07, 6.45) is 0. The van der Waals surface area contributed by atoms with Crippen molar-refractivity contribution in [3.05, 3.63) is 56.7 Å². The molecular formula is C17H26N5O2+. The average molecular weight is 332 g/mol. The molecule has 2 aromatic rings. The van der Waals surface area contributed by atoms with Crippen LogP contribution in [0.5, 0.6) is 0 Å². The zero-order chi connectivity index (χ0) is 17.5. The van der Waals surface area contributed by atoms with Crippen molar-refractivity contribution >= 4 is 11.5 Å². The SMILES string of the molecule is CC[NH+](CC)CCNc1c(N)n(Cc2ccccc2)c(=O)[nH]c1=O. The quantitative estimate of drug-likeness (QED) is 0.524. The number of hydrogen-bond donors (Lipinski definition) is 4. The predicted octanol–water partition coefficient (Wildman–Crippen LogP) is -0.496. The van der Waals surface area contributed by atoms with E-state index in [1.165, 1.54) is 9.47 Å². The molecule has 7 heteroatoms. The highest BCUT2D eigenvalue weighted by atomic mass is 16.2. The second-order valence-corrected chi connectivity index (χ2v) is 5.73. The maximum absolute atomic E-state index is 12.1. The van der Waals surface area contributed by atoms with Gasteiger partial charge in [-0.1, -0.05) is 30.3 Å². The van der Waals surface area contributed by atoms with Crippen LogP contribution in [-0.2, 0) is 6.54 Å². The van der Waals surface area contributed by atoms with Gasteiger partial charge in [0.05, 0.1) is 32.7 Å². The van der Waals surface area contributed by atoms with Gasteiger partial charge in [0, 0.05) is 0 Å². The first-order valence-corrected chi connectivity index (χ1v) is 8.30. The lowest BCUT2D eigenvalue weighted by Gasteiger charge is -2.17. The lowest BCUT2D eigenvalue weighted by molar-refractivity contribution is -0.894. The number of quaternary nitrogens is 1. The highest BCUT2D eigenvalue weighted by Gasteiger charge is 2.13. The predicted molar refractivity (Wildman–Crippen MR) is 96.7 cm³/mol. The third-order valence-corrected chi connectivity index (χ3v) is 4.20. The van der Waals surface area contributed by atoms with Crippen LogP contribution in [0.3, 0.4) is 0 Å². The van der Waals surface area contributed by atoms with Gasteiger partial charge in [-0.05, 0) is 19.4 Å². The fourth-order valence-electron chi connectivity index (χ4n) is 2.65. The monoisotopic (exact) mass is 332 g/mol. The highest BCUT2D eigenvalue weighted by molar-refractivity contribution is 5.60. The van der Waals surface area contributed by atoms with Gasteiger partial charge in [0.2, 0.25) is 0 Å². The minimum absolute atomic E-state index is 0.169. The Balaban J connectivity index is 2.21. The van der Waals surface area contributed by atoms with Crippen LogP contribution in [-0.4, -0.2) is 35.7 Å². The molecule has 130 valence electrons. The van der Waals surface area contributed by atoms with Crippen molar-refractivity contribution in [3.8, 4) is 0 Å². The van der Waals surface area contributed by atoms with Gasteiger partial charge in [0.25, 0.3) is 5.56 Å². The molecule has 0 bridgehead atoms. The van der Waals surface area contributed by atoms with E-state index in [0.717, 1.165) is 25.2 Å². The Morgan fingerprint density at radius 3 is 2.46 bits per heavy atom. The molecule has 2 rings (SSSR count). The van der Waals surface area contributed by atoms with Crippen LogP contribution >= 0.6 is 0 Å². The smallest absolute Gasteiger partial charge is 0.330 e. The van der Waals surface area contributed by atoms with Gasteiger partial charge >= 0.3 is 5.69 Å². The van der Waals surface area contributed by atoms with Crippen molar-refractivity contribution in [3.63, 3.8) is 0 Å². The van der Waals surface area contributed by atoms with E-state index >= 15 is 0 Å². The van der Waals surface area contributed by atoms with Gasteiger partial charge in [-0.3, -0.25) is 14.3 Å². The van der Waals surface area contributed by atoms with Crippen LogP contribution in [0.4, 0.5) is 11.5 Å². The third kappa shape index (κ3) is 4.26. The van der Waals surface area contributed by atoms with Crippen molar-refractivity contribution in [2.75, 3.05) is 37.2 Å². The van der Waals surface area contributed by atoms with E-state index in [0.29, 0.717) is 13.1 Å². The Hall–Kier alpha value is -2.54. The van der Waals surface area contributed by atoms with Crippen LogP contribution in [0, 0.1) is 0 Å². The van der Waals surface area contributed by atoms with Crippen LogP contribution in [0.1, 0.15) is 19.4 Å². The molecule has 0 spiro atoms. The second-order valence-electron chi connectivity index (χ2n) is 5.73. The maximum atomic E-state index is 12.1. The van der Waals surface area contributed by atoms with E-state index in [9.17, 15) is 9.59 Å². The van der Waals surface area contributed by atoms with Gasteiger partial charge in [-0.25, -0.2) is 4.79 Å². The minimum atomic E-state index is -0.499. The summed E-state index contributed by atoms with van der Waals surface area (Å²) in [7, 11) is 0. The molecule has 0 atom stereocenters. The van der Waals surface area contributed by atoms with Gasteiger partial charge in [-0.2, -0.15) is 0 Å². The number of anilines is 2. The Bertz CT molecular complexity index is 763. The molecule has 1 heterocycles. The molecule has 7 nitrogen and oxygen atoms in total. The first-order valence-electron chi connectivity index (χ1n) is 8.30. The Morgan fingerprint density at radius 1 is 1.17 bits per heavy atom. The molecule has 1 aromatic heterocycles. The highest BCUT2D eigenvalue weighted by Crippen LogP contribution is 2.11. The van der Waals surface area contributed by atoms with E-state index in [1.807, 2.05) is 30.3 Å². The van der Waals surface area contributed by atoms with E-state index in [4.69, 9.17) is 5.73 Å². The van der Waals surface area contributed by atoms with Crippen molar-refractivity contribution in [2.24, 2.45) is 0 Å². The van der Waals surface area contributed by atoms with Gasteiger partial charge in [0.1, 0.15) is 11.5 Å². The lowest BCUT2D eigenvalue weighted by Crippen LogP contribution is -3.12. The summed E-state index contributed by atoms with van der Waals surface area (Å²) in [5.41, 5.74) is 6.32. The molecular weight excluding hydrogens is 306 g/mol. The number of nitrogens with two attached hydrogens (primary N) is 1. The van der Waals surface area contributed by atoms with Gasteiger partial charge in [0.15, 0.2) is 0 Å². The van der Waals surface area contributed by atoms with E-state index in [-0.39, 0.29) is 11.5 Å². The zero-order valence-electron chi connectivity index (χ0n) is 14.3. The zero-order valence-corrected chi connectivity index (χ0v) is 14.3. The van der Waals surface area contributed by atoms with Crippen molar-refractivity contribution in [2.45, 2.75) is 20.4 Å². The fraction of sp³-hybridized carbons (Fsp3) is 0.412. The Labute approximate surface area is 141 Å². The number of likely N-dealkylation sites (N-methyl/N-ethyl adjacent to an activating group) is 1. The molecule has 0 radical (unpaired) electrons. The van der Waals surface area contributed by atoms with E-state index in [2.05, 4.69) is 24.1 Å². The van der Waals surface area contributed by atoms with Gasteiger partial charge < -0.3 is 16.0 Å². The normalized spacial score (nSPS) is 11.0. The fourth-order valence-corrected chi connectivity index (χ4v) is 2.65. The molecule has 0 saturated carbocycles. The topological polar surface area (TPSA) is 97.3 Å². The molecule has 0 unspecified atom stereocenters. The number of nitrogens with zero attached hydrogens (tertiary/aromatic N) is 1. The van der Waals surface area contributed by atoms with E-state index < -0.39 is 11.2 Å². The van der Waals surface area contributed by atoms with Gasteiger partial charge in [-0.15, -0.1) is 0 Å². The van der Waals surface area contributed by atoms with Crippen molar-refractivity contribution in [1.29, 1.82) is 0 Å². The van der Waals surface area contributed by atoms with E-state index in [1.54, 1.807) is 0 Å². The summed E-state index contributed by atoms with van der Waals surface area (Å²) in [6.45, 7) is 8.12. The number of H-pyrrole nitrogens is 1. The molecule has 0 aliphatic carbocycles. The van der Waals surface area contributed by atoms with Crippen LogP contribution in [0.2, 0.25) is 0 Å². The first-order chi connectivity index (χ1) is 11.6. The molecule has 0 aliphatic rings. The molecule has 0 amide bonds. The molecule has 0 aliphatic heterocycles. The van der Waals surface area contributed by atoms with Crippen LogP contribution < -0.4 is 27.2 Å². The summed E-state index contributed by atoms with van der Waals surface area (Å²) >= 11 is 0. The molecule has 24 heavy (non-hydrogen) atoms. The van der Waals surface area contributed by atoms with Crippen LogP contribution in [0.15, 0.2) is 39.9 Å². The summed E-state index contributed by atoms with van der Waals surface area (Å²) in [5.74, 6) is 0.169. The third-order valence-electron chi connectivity index (χ3n) is 4.20. The average Bonchev–Trinajstić information content (AvgIpc) is 2.59. The standard InChI is InChI=1S/C17H25N5O2/c1-3-21(4-2)11-10-19-14-15(18)22(17(24)20-16(14)23)12-13-8-6-5-7-9-13/h5-9,19H,3-4,10-12,18H2,1-2H3,(H,20,23,24)/p+1. The largest absolute Gasteiger partial charge is 0.383 e. The molecule has 0 saturated heterocycles. The lowest BCUT2D eigenvalue weighted by atomic mass is 10.2. The number of aromatic nitrogens is 2. The molecule has 1 aromatic carbocycles. The summed E-state index contributed by atoms with van der Waals surface area (Å²) in [6, 6.07) is 9.52. The van der Waals surface area contributed by atoms with Crippen molar-refractivity contribution < 1.29 is 4.90 Å². The minimum Gasteiger partial charge on any atom is -0.383 e. The van der Waals surface area contributed by atoms with Crippen molar-refractivity contribution in [1.82, 2.24) is 9.55 Å². The molecule has 5 N–H and O–H groups in total. The molecule has 0 fully saturated rings. The van der Waals surface area contributed by atoms with Crippen LogP contribution in [0.25, 0.3) is 0 Å². The summed E-state index contributed by atoms with van der Waals surface area (Å²) in [4.78, 5) is 27.9. The number of nitrogen functional groups attached to an aromatic ring is 1. The number of nitrogens with one attached hydrogen (secondary N) is 3. The maximum Gasteiger partial charge on any atom is 0.330 e. The Kier molecular flexibility index (Phi) is 6.20. The number of aromatic amines is 1. The number of hydrogen-bond acceptors (Lipinski definition) is 4. The first kappa shape index (κ1) is 17.8. The summed E-state index contributed by atoms with van der Waals surface area (Å²) in [5, 5.41) is 3.08. The number of rotatable bonds is 8. The Morgan fingerprint density at radius 2 is 1.83 bits per heavy atom.